The van der Waals surface area contributed by atoms with E-state index in [1.807, 2.05) is 26.0 Å². The lowest BCUT2D eigenvalue weighted by Gasteiger charge is -2.14. The number of nitrogens with one attached hydrogen (secondary N) is 1. The van der Waals surface area contributed by atoms with E-state index in [2.05, 4.69) is 59.2 Å². The molecule has 3 rings (SSSR count). The number of benzene rings is 1. The summed E-state index contributed by atoms with van der Waals surface area (Å²) in [6.45, 7) is 12.5. The highest BCUT2D eigenvalue weighted by atomic mass is 32.2. The first-order valence-electron chi connectivity index (χ1n) is 9.27. The van der Waals surface area contributed by atoms with Crippen molar-refractivity contribution in [3.63, 3.8) is 0 Å². The lowest BCUT2D eigenvalue weighted by molar-refractivity contribution is -0.113. The number of anilines is 1. The molecule has 5 nitrogen and oxygen atoms in total. The number of hydrogen-bond donors (Lipinski definition) is 1. The Morgan fingerprint density at radius 1 is 1.21 bits per heavy atom. The molecule has 0 aliphatic rings. The molecule has 3 aromatic rings. The molecule has 1 N–H and O–H groups in total. The van der Waals surface area contributed by atoms with Crippen molar-refractivity contribution in [3.05, 3.63) is 45.1 Å². The van der Waals surface area contributed by atoms with Gasteiger partial charge in [-0.3, -0.25) is 9.36 Å². The summed E-state index contributed by atoms with van der Waals surface area (Å²) in [5, 5.41) is 14.7. The van der Waals surface area contributed by atoms with E-state index >= 15 is 0 Å². The van der Waals surface area contributed by atoms with Crippen LogP contribution in [-0.2, 0) is 4.79 Å². The van der Waals surface area contributed by atoms with Crippen LogP contribution in [-0.4, -0.2) is 26.4 Å². The summed E-state index contributed by atoms with van der Waals surface area (Å²) in [7, 11) is 0. The Morgan fingerprint density at radius 2 is 1.96 bits per heavy atom. The zero-order chi connectivity index (χ0) is 20.4. The highest BCUT2D eigenvalue weighted by Crippen LogP contribution is 2.33. The summed E-state index contributed by atoms with van der Waals surface area (Å²) in [6, 6.07) is 6.22. The molecular weight excluding hydrogens is 388 g/mol. The summed E-state index contributed by atoms with van der Waals surface area (Å²) in [6.07, 6.45) is 0. The van der Waals surface area contributed by atoms with Crippen LogP contribution in [0.5, 0.6) is 0 Å². The molecule has 0 spiro atoms. The Bertz CT molecular complexity index is 1000. The van der Waals surface area contributed by atoms with Crippen LogP contribution in [0.2, 0.25) is 0 Å². The largest absolute Gasteiger partial charge is 0.325 e. The number of thioether (sulfide) groups is 1. The summed E-state index contributed by atoms with van der Waals surface area (Å²) in [5.41, 5.74) is 5.46. The van der Waals surface area contributed by atoms with Crippen molar-refractivity contribution in [2.75, 3.05) is 11.1 Å². The molecule has 0 unspecified atom stereocenters. The third-order valence-corrected chi connectivity index (χ3v) is 6.65. The zero-order valence-electron chi connectivity index (χ0n) is 17.2. The fourth-order valence-electron chi connectivity index (χ4n) is 3.03. The van der Waals surface area contributed by atoms with Crippen LogP contribution in [0.1, 0.15) is 41.5 Å². The number of nitrogens with zero attached hydrogens (tertiary/aromatic N) is 3. The minimum Gasteiger partial charge on any atom is -0.325 e. The molecule has 2 aromatic heterocycles. The van der Waals surface area contributed by atoms with Crippen LogP contribution < -0.4 is 5.32 Å². The van der Waals surface area contributed by atoms with Gasteiger partial charge in [0, 0.05) is 27.5 Å². The molecule has 0 atom stereocenters. The molecule has 0 fully saturated rings. The van der Waals surface area contributed by atoms with Crippen molar-refractivity contribution in [2.24, 2.45) is 0 Å². The van der Waals surface area contributed by atoms with Gasteiger partial charge >= 0.3 is 0 Å². The molecule has 0 saturated carbocycles. The van der Waals surface area contributed by atoms with Crippen molar-refractivity contribution >= 4 is 34.7 Å². The highest BCUT2D eigenvalue weighted by molar-refractivity contribution is 7.99. The first-order chi connectivity index (χ1) is 13.3. The molecule has 0 radical (unpaired) electrons. The van der Waals surface area contributed by atoms with Gasteiger partial charge in [-0.1, -0.05) is 29.5 Å². The average molecular weight is 415 g/mol. The zero-order valence-corrected chi connectivity index (χ0v) is 18.8. The second kappa shape index (κ2) is 8.49. The first kappa shape index (κ1) is 20.6. The van der Waals surface area contributed by atoms with Crippen molar-refractivity contribution < 1.29 is 4.79 Å². The Morgan fingerprint density at radius 3 is 2.57 bits per heavy atom. The third kappa shape index (κ3) is 4.31. The minimum absolute atomic E-state index is 0.0423. The molecule has 0 bridgehead atoms. The van der Waals surface area contributed by atoms with Crippen LogP contribution in [0, 0.1) is 27.7 Å². The van der Waals surface area contributed by atoms with Gasteiger partial charge in [0.25, 0.3) is 0 Å². The number of thiophene rings is 1. The van der Waals surface area contributed by atoms with E-state index in [4.69, 9.17) is 0 Å². The molecule has 7 heteroatoms. The lowest BCUT2D eigenvalue weighted by Crippen LogP contribution is -2.15. The maximum absolute atomic E-state index is 12.5. The quantitative estimate of drug-likeness (QED) is 0.537. The number of hydrogen-bond acceptors (Lipinski definition) is 5. The number of rotatable bonds is 6. The van der Waals surface area contributed by atoms with Gasteiger partial charge in [-0.2, -0.15) is 0 Å². The Labute approximate surface area is 174 Å². The third-order valence-electron chi connectivity index (χ3n) is 4.70. The highest BCUT2D eigenvalue weighted by Gasteiger charge is 2.20. The minimum atomic E-state index is -0.0423. The van der Waals surface area contributed by atoms with Crippen LogP contribution in [0.3, 0.4) is 0 Å². The Hall–Kier alpha value is -2.12. The molecule has 148 valence electrons. The first-order valence-corrected chi connectivity index (χ1v) is 11.1. The fraction of sp³-hybridized carbons (Fsp3) is 0.381. The predicted octanol–water partition coefficient (Wildman–Crippen LogP) is 5.55. The van der Waals surface area contributed by atoms with Gasteiger partial charge in [0.2, 0.25) is 5.91 Å². The standard InChI is InChI=1S/C21H26N4OS2/c1-12(2)25-20(17-10-27-16(6)15(17)5)23-24-21(25)28-11-19(26)22-18-8-7-13(3)9-14(18)4/h7-10,12H,11H2,1-6H3,(H,22,26). The number of carbonyl (C=O) groups is 1. The molecule has 1 aromatic carbocycles. The Kier molecular flexibility index (Phi) is 6.25. The maximum Gasteiger partial charge on any atom is 0.234 e. The second-order valence-corrected chi connectivity index (χ2v) is 9.28. The average Bonchev–Trinajstić information content (AvgIpc) is 3.19. The predicted molar refractivity (Wildman–Crippen MR) is 118 cm³/mol. The molecule has 1 amide bonds. The van der Waals surface area contributed by atoms with Crippen LogP contribution >= 0.6 is 23.1 Å². The van der Waals surface area contributed by atoms with Crippen molar-refractivity contribution in [1.29, 1.82) is 0 Å². The number of amides is 1. The normalized spacial score (nSPS) is 11.2. The van der Waals surface area contributed by atoms with E-state index in [1.54, 1.807) is 11.3 Å². The lowest BCUT2D eigenvalue weighted by atomic mass is 10.1. The molecule has 0 aliphatic heterocycles. The van der Waals surface area contributed by atoms with E-state index in [0.717, 1.165) is 27.8 Å². The van der Waals surface area contributed by atoms with Gasteiger partial charge in [-0.15, -0.1) is 21.5 Å². The van der Waals surface area contributed by atoms with Gasteiger partial charge in [0.15, 0.2) is 11.0 Å². The molecule has 0 saturated heterocycles. The van der Waals surface area contributed by atoms with E-state index in [1.165, 1.54) is 27.8 Å². The molecular formula is C21H26N4OS2. The molecule has 2 heterocycles. The van der Waals surface area contributed by atoms with Gasteiger partial charge < -0.3 is 5.32 Å². The Balaban J connectivity index is 1.75. The van der Waals surface area contributed by atoms with E-state index in [-0.39, 0.29) is 11.9 Å². The molecule has 28 heavy (non-hydrogen) atoms. The second-order valence-electron chi connectivity index (χ2n) is 7.26. The van der Waals surface area contributed by atoms with Crippen molar-refractivity contribution in [1.82, 2.24) is 14.8 Å². The van der Waals surface area contributed by atoms with E-state index in [9.17, 15) is 4.79 Å². The maximum atomic E-state index is 12.5. The molecule has 0 aliphatic carbocycles. The van der Waals surface area contributed by atoms with Gasteiger partial charge in [0.05, 0.1) is 5.75 Å². The summed E-state index contributed by atoms with van der Waals surface area (Å²) in [4.78, 5) is 13.7. The number of aromatic nitrogens is 3. The van der Waals surface area contributed by atoms with Crippen LogP contribution in [0.15, 0.2) is 28.7 Å². The SMILES string of the molecule is Cc1ccc(NC(=O)CSc2nnc(-c3csc(C)c3C)n2C(C)C)c(C)c1. The fourth-order valence-corrected chi connectivity index (χ4v) is 4.76. The smallest absolute Gasteiger partial charge is 0.234 e. The number of carbonyl (C=O) groups excluding carboxylic acids is 1. The summed E-state index contributed by atoms with van der Waals surface area (Å²) in [5.74, 6) is 1.12. The van der Waals surface area contributed by atoms with Crippen molar-refractivity contribution in [2.45, 2.75) is 52.7 Å². The van der Waals surface area contributed by atoms with Crippen LogP contribution in [0.4, 0.5) is 5.69 Å². The number of aryl methyl sites for hydroxylation is 3. The van der Waals surface area contributed by atoms with E-state index < -0.39 is 0 Å². The van der Waals surface area contributed by atoms with E-state index in [0.29, 0.717) is 5.75 Å². The summed E-state index contributed by atoms with van der Waals surface area (Å²) >= 11 is 3.15. The van der Waals surface area contributed by atoms with Crippen molar-refractivity contribution in [3.8, 4) is 11.4 Å². The van der Waals surface area contributed by atoms with Crippen LogP contribution in [0.25, 0.3) is 11.4 Å². The summed E-state index contributed by atoms with van der Waals surface area (Å²) < 4.78 is 2.11. The van der Waals surface area contributed by atoms with Gasteiger partial charge in [-0.05, 0) is 58.7 Å². The van der Waals surface area contributed by atoms with Gasteiger partial charge in [-0.25, -0.2) is 0 Å². The topological polar surface area (TPSA) is 59.8 Å². The monoisotopic (exact) mass is 414 g/mol. The van der Waals surface area contributed by atoms with Gasteiger partial charge in [0.1, 0.15) is 0 Å².